The molecule has 3 heteroatoms. The van der Waals surface area contributed by atoms with Crippen LogP contribution in [0.25, 0.3) is 0 Å². The molecule has 0 unspecified atom stereocenters. The predicted molar refractivity (Wildman–Crippen MR) is 52.5 cm³/mol. The fourth-order valence-electron chi connectivity index (χ4n) is 0.847. The third-order valence-electron chi connectivity index (χ3n) is 1.35. The summed E-state index contributed by atoms with van der Waals surface area (Å²) in [7, 11) is 5.72. The number of hydrogen-bond acceptors (Lipinski definition) is 3. The summed E-state index contributed by atoms with van der Waals surface area (Å²) in [4.78, 5) is 1.22. The maximum Gasteiger partial charge on any atom is 0.118 e. The van der Waals surface area contributed by atoms with Crippen molar-refractivity contribution in [3.05, 3.63) is 24.3 Å². The van der Waals surface area contributed by atoms with E-state index in [1.165, 1.54) is 4.90 Å². The average molecular weight is 183 g/mol. The van der Waals surface area contributed by atoms with Crippen LogP contribution in [0.3, 0.4) is 0 Å². The molecule has 0 amide bonds. The van der Waals surface area contributed by atoms with Crippen LogP contribution < -0.4 is 4.74 Å². The molecule has 0 saturated carbocycles. The van der Waals surface area contributed by atoms with Gasteiger partial charge in [-0.3, -0.25) is 4.31 Å². The number of benzene rings is 1. The van der Waals surface area contributed by atoms with Crippen molar-refractivity contribution in [3.63, 3.8) is 0 Å². The minimum Gasteiger partial charge on any atom is -0.497 e. The van der Waals surface area contributed by atoms with E-state index in [0.29, 0.717) is 0 Å². The van der Waals surface area contributed by atoms with E-state index in [4.69, 9.17) is 4.74 Å². The van der Waals surface area contributed by atoms with Gasteiger partial charge in [0.15, 0.2) is 0 Å². The van der Waals surface area contributed by atoms with Crippen molar-refractivity contribution >= 4 is 11.9 Å². The predicted octanol–water partition coefficient (Wildman–Crippen LogP) is 2.26. The molecule has 0 bridgehead atoms. The Morgan fingerprint density at radius 3 is 2.17 bits per heavy atom. The van der Waals surface area contributed by atoms with Crippen LogP contribution in [0.4, 0.5) is 0 Å². The highest BCUT2D eigenvalue weighted by molar-refractivity contribution is 7.97. The Balaban J connectivity index is 2.65. The lowest BCUT2D eigenvalue weighted by molar-refractivity contribution is 0.414. The lowest BCUT2D eigenvalue weighted by Crippen LogP contribution is -1.98. The first kappa shape index (κ1) is 9.42. The molecule has 0 fully saturated rings. The van der Waals surface area contributed by atoms with E-state index < -0.39 is 0 Å². The van der Waals surface area contributed by atoms with Crippen molar-refractivity contribution < 1.29 is 4.74 Å². The van der Waals surface area contributed by atoms with Crippen LogP contribution in [0.5, 0.6) is 5.75 Å². The van der Waals surface area contributed by atoms with Crippen LogP contribution in [-0.4, -0.2) is 25.5 Å². The van der Waals surface area contributed by atoms with E-state index in [1.54, 1.807) is 19.1 Å². The molecule has 0 saturated heterocycles. The van der Waals surface area contributed by atoms with Crippen molar-refractivity contribution in [2.45, 2.75) is 4.90 Å². The summed E-state index contributed by atoms with van der Waals surface area (Å²) in [6.07, 6.45) is 0. The van der Waals surface area contributed by atoms with Crippen molar-refractivity contribution in [1.29, 1.82) is 0 Å². The number of rotatable bonds is 3. The highest BCUT2D eigenvalue weighted by Gasteiger charge is 1.95. The monoisotopic (exact) mass is 183 g/mol. The molecule has 12 heavy (non-hydrogen) atoms. The molecule has 0 heterocycles. The third-order valence-corrected chi connectivity index (χ3v) is 2.20. The minimum atomic E-state index is 0.901. The van der Waals surface area contributed by atoms with Gasteiger partial charge in [-0.15, -0.1) is 0 Å². The van der Waals surface area contributed by atoms with Gasteiger partial charge in [-0.05, 0) is 50.3 Å². The molecule has 0 N–H and O–H groups in total. The molecule has 1 rings (SSSR count). The van der Waals surface area contributed by atoms with Gasteiger partial charge in [0.2, 0.25) is 0 Å². The van der Waals surface area contributed by atoms with Gasteiger partial charge in [0.05, 0.1) is 7.11 Å². The van der Waals surface area contributed by atoms with Gasteiger partial charge in [0, 0.05) is 4.90 Å². The highest BCUT2D eigenvalue weighted by Crippen LogP contribution is 2.21. The zero-order valence-electron chi connectivity index (χ0n) is 7.57. The van der Waals surface area contributed by atoms with Gasteiger partial charge in [-0.25, -0.2) is 0 Å². The molecule has 0 spiro atoms. The SMILES string of the molecule is COc1ccc(SN(C)C)cc1. The first-order valence-corrected chi connectivity index (χ1v) is 4.49. The Hall–Kier alpha value is -0.670. The van der Waals surface area contributed by atoms with Crippen LogP contribution in [-0.2, 0) is 0 Å². The van der Waals surface area contributed by atoms with Gasteiger partial charge in [-0.2, -0.15) is 0 Å². The van der Waals surface area contributed by atoms with Crippen LogP contribution in [0.15, 0.2) is 29.2 Å². The van der Waals surface area contributed by atoms with E-state index in [2.05, 4.69) is 4.31 Å². The largest absolute Gasteiger partial charge is 0.497 e. The Morgan fingerprint density at radius 1 is 1.17 bits per heavy atom. The van der Waals surface area contributed by atoms with Gasteiger partial charge in [0.25, 0.3) is 0 Å². The van der Waals surface area contributed by atoms with Gasteiger partial charge in [0.1, 0.15) is 5.75 Å². The summed E-state index contributed by atoms with van der Waals surface area (Å²) >= 11 is 1.70. The topological polar surface area (TPSA) is 12.5 Å². The molecule has 0 radical (unpaired) electrons. The molecular weight excluding hydrogens is 170 g/mol. The van der Waals surface area contributed by atoms with Gasteiger partial charge < -0.3 is 4.74 Å². The normalized spacial score (nSPS) is 10.3. The van der Waals surface area contributed by atoms with Crippen LogP contribution in [0.2, 0.25) is 0 Å². The second-order valence-corrected chi connectivity index (χ2v) is 3.96. The number of ether oxygens (including phenoxy) is 1. The van der Waals surface area contributed by atoms with E-state index in [1.807, 2.05) is 38.4 Å². The Labute approximate surface area is 77.7 Å². The zero-order chi connectivity index (χ0) is 8.97. The second kappa shape index (κ2) is 4.38. The van der Waals surface area contributed by atoms with Crippen LogP contribution in [0, 0.1) is 0 Å². The van der Waals surface area contributed by atoms with Crippen molar-refractivity contribution in [1.82, 2.24) is 4.31 Å². The minimum absolute atomic E-state index is 0.901. The molecule has 0 aromatic heterocycles. The zero-order valence-corrected chi connectivity index (χ0v) is 8.39. The molecule has 0 aliphatic rings. The molecule has 1 aromatic rings. The second-order valence-electron chi connectivity index (χ2n) is 2.58. The summed E-state index contributed by atoms with van der Waals surface area (Å²) in [5, 5.41) is 0. The van der Waals surface area contributed by atoms with Crippen molar-refractivity contribution in [3.8, 4) is 5.75 Å². The Kier molecular flexibility index (Phi) is 3.44. The third kappa shape index (κ3) is 2.75. The lowest BCUT2D eigenvalue weighted by atomic mass is 10.3. The van der Waals surface area contributed by atoms with Crippen LogP contribution in [0.1, 0.15) is 0 Å². The number of hydrogen-bond donors (Lipinski definition) is 0. The Morgan fingerprint density at radius 2 is 1.75 bits per heavy atom. The quantitative estimate of drug-likeness (QED) is 0.667. The van der Waals surface area contributed by atoms with E-state index in [9.17, 15) is 0 Å². The lowest BCUT2D eigenvalue weighted by Gasteiger charge is -2.08. The number of methoxy groups -OCH3 is 1. The molecule has 0 atom stereocenters. The molecule has 2 nitrogen and oxygen atoms in total. The fraction of sp³-hybridized carbons (Fsp3) is 0.333. The molecular formula is C9H13NOS. The molecule has 1 aromatic carbocycles. The van der Waals surface area contributed by atoms with E-state index in [-0.39, 0.29) is 0 Å². The van der Waals surface area contributed by atoms with Gasteiger partial charge in [-0.1, -0.05) is 0 Å². The average Bonchev–Trinajstić information content (AvgIpc) is 2.05. The summed E-state index contributed by atoms with van der Waals surface area (Å²) in [6, 6.07) is 8.02. The number of nitrogens with zero attached hydrogens (tertiary/aromatic N) is 1. The maximum absolute atomic E-state index is 5.05. The maximum atomic E-state index is 5.05. The molecule has 66 valence electrons. The standard InChI is InChI=1S/C9H13NOS/c1-10(2)12-9-6-4-8(11-3)5-7-9/h4-7H,1-3H3. The summed E-state index contributed by atoms with van der Waals surface area (Å²) < 4.78 is 7.11. The molecule has 0 aliphatic carbocycles. The van der Waals surface area contributed by atoms with Crippen molar-refractivity contribution in [2.24, 2.45) is 0 Å². The van der Waals surface area contributed by atoms with E-state index >= 15 is 0 Å². The smallest absolute Gasteiger partial charge is 0.118 e. The summed E-state index contributed by atoms with van der Waals surface area (Å²) in [6.45, 7) is 0. The van der Waals surface area contributed by atoms with Crippen molar-refractivity contribution in [2.75, 3.05) is 21.2 Å². The summed E-state index contributed by atoms with van der Waals surface area (Å²) in [5.74, 6) is 0.901. The first-order chi connectivity index (χ1) is 5.72. The Bertz CT molecular complexity index is 233. The van der Waals surface area contributed by atoms with Crippen LogP contribution >= 0.6 is 11.9 Å². The van der Waals surface area contributed by atoms with E-state index in [0.717, 1.165) is 5.75 Å². The molecule has 0 aliphatic heterocycles. The highest BCUT2D eigenvalue weighted by atomic mass is 32.2. The summed E-state index contributed by atoms with van der Waals surface area (Å²) in [5.41, 5.74) is 0. The fourth-order valence-corrected chi connectivity index (χ4v) is 1.53. The van der Waals surface area contributed by atoms with Gasteiger partial charge >= 0.3 is 0 Å². The first-order valence-electron chi connectivity index (χ1n) is 3.71.